The fourth-order valence-corrected chi connectivity index (χ4v) is 9.58. The minimum absolute atomic E-state index is 0.0156. The number of unbranched alkanes of at least 4 members (excludes halogenated alkanes) is 45. The summed E-state index contributed by atoms with van der Waals surface area (Å²) in [7, 11) is 0. The first-order valence-corrected chi connectivity index (χ1v) is 29.8. The third kappa shape index (κ3) is 52.1. The topological polar surface area (TPSA) is 95.9 Å². The highest BCUT2D eigenvalue weighted by Gasteiger charge is 2.20. The number of esters is 1. The molecule has 2 atom stereocenters. The van der Waals surface area contributed by atoms with E-state index >= 15 is 0 Å². The second kappa shape index (κ2) is 55.5. The van der Waals surface area contributed by atoms with Gasteiger partial charge in [-0.2, -0.15) is 0 Å². The second-order valence-electron chi connectivity index (χ2n) is 20.7. The molecule has 3 N–H and O–H groups in total. The Labute approximate surface area is 406 Å². The molecule has 388 valence electrons. The lowest BCUT2D eigenvalue weighted by Gasteiger charge is -2.22. The monoisotopic (exact) mass is 920 g/mol. The van der Waals surface area contributed by atoms with E-state index in [4.69, 9.17) is 4.74 Å². The van der Waals surface area contributed by atoms with E-state index in [0.717, 1.165) is 38.5 Å². The van der Waals surface area contributed by atoms with Crippen LogP contribution in [0.15, 0.2) is 0 Å². The molecule has 0 aromatic heterocycles. The molecule has 0 aliphatic rings. The van der Waals surface area contributed by atoms with Gasteiger partial charge in [0, 0.05) is 12.8 Å². The number of ether oxygens (including phenoxy) is 1. The van der Waals surface area contributed by atoms with Gasteiger partial charge < -0.3 is 20.3 Å². The van der Waals surface area contributed by atoms with Gasteiger partial charge >= 0.3 is 5.97 Å². The molecular weight excluding hydrogens is 803 g/mol. The highest BCUT2D eigenvalue weighted by atomic mass is 16.5. The average molecular weight is 921 g/mol. The Morgan fingerprint density at radius 1 is 0.369 bits per heavy atom. The maximum atomic E-state index is 12.5. The van der Waals surface area contributed by atoms with Gasteiger partial charge in [-0.15, -0.1) is 0 Å². The van der Waals surface area contributed by atoms with Gasteiger partial charge in [0.1, 0.15) is 0 Å². The molecule has 0 aromatic carbocycles. The molecule has 0 saturated carbocycles. The summed E-state index contributed by atoms with van der Waals surface area (Å²) in [6.45, 7) is 4.97. The molecule has 0 heterocycles. The summed E-state index contributed by atoms with van der Waals surface area (Å²) in [5.74, 6) is -0.0175. The van der Waals surface area contributed by atoms with Crippen molar-refractivity contribution >= 4 is 11.9 Å². The van der Waals surface area contributed by atoms with Crippen LogP contribution >= 0.6 is 0 Å². The third-order valence-electron chi connectivity index (χ3n) is 14.2. The standard InChI is InChI=1S/C59H117NO5/c1-3-5-7-9-11-13-15-27-31-35-39-43-47-51-57(62)56(55-61)60-58(63)52-48-44-40-36-32-29-25-23-21-19-17-18-20-22-24-26-30-34-38-42-46-50-54-65-59(64)53-49-45-41-37-33-28-16-14-12-10-8-6-4-2/h56-57,61-62H,3-55H2,1-2H3,(H,60,63). The Bertz CT molecular complexity index is 928. The number of amides is 1. The quantitative estimate of drug-likeness (QED) is 0.0417. The number of hydrogen-bond acceptors (Lipinski definition) is 5. The van der Waals surface area contributed by atoms with Crippen LogP contribution in [0.25, 0.3) is 0 Å². The van der Waals surface area contributed by atoms with Crippen molar-refractivity contribution in [2.45, 2.75) is 353 Å². The van der Waals surface area contributed by atoms with E-state index in [1.165, 1.54) is 270 Å². The number of hydrogen-bond donors (Lipinski definition) is 3. The smallest absolute Gasteiger partial charge is 0.305 e. The molecule has 0 aromatic rings. The molecule has 0 bridgehead atoms. The van der Waals surface area contributed by atoms with E-state index in [2.05, 4.69) is 19.2 Å². The number of aliphatic hydroxyl groups excluding tert-OH is 2. The van der Waals surface area contributed by atoms with Crippen molar-refractivity contribution < 1.29 is 24.5 Å². The van der Waals surface area contributed by atoms with Crippen molar-refractivity contribution in [3.05, 3.63) is 0 Å². The number of aliphatic hydroxyl groups is 2. The largest absolute Gasteiger partial charge is 0.466 e. The maximum Gasteiger partial charge on any atom is 0.305 e. The second-order valence-corrected chi connectivity index (χ2v) is 20.7. The third-order valence-corrected chi connectivity index (χ3v) is 14.2. The SMILES string of the molecule is CCCCCCCCCCCCCCCC(=O)OCCCCCCCCCCCCCCCCCCCCCCCCC(=O)NC(CO)C(O)CCCCCCCCCCCCCCC. The van der Waals surface area contributed by atoms with Crippen molar-refractivity contribution in [1.29, 1.82) is 0 Å². The van der Waals surface area contributed by atoms with Crippen molar-refractivity contribution in [1.82, 2.24) is 5.32 Å². The summed E-state index contributed by atoms with van der Waals surface area (Å²) in [6, 6.07) is -0.539. The molecule has 6 heteroatoms. The molecule has 0 spiro atoms. The van der Waals surface area contributed by atoms with Crippen LogP contribution in [0, 0.1) is 0 Å². The number of nitrogens with one attached hydrogen (secondary N) is 1. The van der Waals surface area contributed by atoms with Crippen molar-refractivity contribution in [2.75, 3.05) is 13.2 Å². The molecule has 1 amide bonds. The van der Waals surface area contributed by atoms with Crippen LogP contribution in [0.5, 0.6) is 0 Å². The normalized spacial score (nSPS) is 12.5. The van der Waals surface area contributed by atoms with Crippen molar-refractivity contribution in [3.8, 4) is 0 Å². The number of rotatable bonds is 56. The highest BCUT2D eigenvalue weighted by Crippen LogP contribution is 2.18. The summed E-state index contributed by atoms with van der Waals surface area (Å²) in [4.78, 5) is 24.5. The summed E-state index contributed by atoms with van der Waals surface area (Å²) in [5, 5.41) is 23.2. The van der Waals surface area contributed by atoms with E-state index in [1.807, 2.05) is 0 Å². The lowest BCUT2D eigenvalue weighted by Crippen LogP contribution is -2.45. The van der Waals surface area contributed by atoms with Gasteiger partial charge in [-0.05, 0) is 25.7 Å². The van der Waals surface area contributed by atoms with E-state index in [0.29, 0.717) is 25.9 Å². The van der Waals surface area contributed by atoms with Crippen LogP contribution in [0.3, 0.4) is 0 Å². The van der Waals surface area contributed by atoms with Gasteiger partial charge in [0.2, 0.25) is 5.91 Å². The van der Waals surface area contributed by atoms with Gasteiger partial charge in [-0.25, -0.2) is 0 Å². The van der Waals surface area contributed by atoms with Crippen LogP contribution < -0.4 is 5.32 Å². The fourth-order valence-electron chi connectivity index (χ4n) is 9.58. The summed E-state index contributed by atoms with van der Waals surface area (Å²) < 4.78 is 5.48. The Hall–Kier alpha value is -1.14. The minimum Gasteiger partial charge on any atom is -0.466 e. The zero-order valence-corrected chi connectivity index (χ0v) is 44.3. The van der Waals surface area contributed by atoms with E-state index in [-0.39, 0.29) is 18.5 Å². The Morgan fingerprint density at radius 3 is 0.938 bits per heavy atom. The van der Waals surface area contributed by atoms with Crippen LogP contribution in [0.2, 0.25) is 0 Å². The molecule has 0 aliphatic carbocycles. The molecule has 2 unspecified atom stereocenters. The lowest BCUT2D eigenvalue weighted by molar-refractivity contribution is -0.143. The van der Waals surface area contributed by atoms with Gasteiger partial charge in [0.25, 0.3) is 0 Å². The van der Waals surface area contributed by atoms with Gasteiger partial charge in [-0.1, -0.05) is 303 Å². The van der Waals surface area contributed by atoms with E-state index < -0.39 is 12.1 Å². The first kappa shape index (κ1) is 63.9. The van der Waals surface area contributed by atoms with Crippen LogP contribution in [0.1, 0.15) is 341 Å². The highest BCUT2D eigenvalue weighted by molar-refractivity contribution is 5.76. The van der Waals surface area contributed by atoms with E-state index in [1.54, 1.807) is 0 Å². The molecule has 0 rings (SSSR count). The first-order valence-electron chi connectivity index (χ1n) is 29.8. The van der Waals surface area contributed by atoms with Gasteiger partial charge in [-0.3, -0.25) is 9.59 Å². The molecule has 65 heavy (non-hydrogen) atoms. The molecule has 0 fully saturated rings. The summed E-state index contributed by atoms with van der Waals surface area (Å²) in [6.07, 6.45) is 63.9. The predicted molar refractivity (Wildman–Crippen MR) is 283 cm³/mol. The summed E-state index contributed by atoms with van der Waals surface area (Å²) in [5.41, 5.74) is 0. The van der Waals surface area contributed by atoms with Crippen LogP contribution in [0.4, 0.5) is 0 Å². The molecule has 0 radical (unpaired) electrons. The molecular formula is C59H117NO5. The van der Waals surface area contributed by atoms with Gasteiger partial charge in [0.15, 0.2) is 0 Å². The van der Waals surface area contributed by atoms with Gasteiger partial charge in [0.05, 0.1) is 25.4 Å². The summed E-state index contributed by atoms with van der Waals surface area (Å²) >= 11 is 0. The van der Waals surface area contributed by atoms with Crippen molar-refractivity contribution in [3.63, 3.8) is 0 Å². The Balaban J connectivity index is 3.35. The minimum atomic E-state index is -0.662. The Morgan fingerprint density at radius 2 is 0.631 bits per heavy atom. The average Bonchev–Trinajstić information content (AvgIpc) is 3.31. The zero-order valence-electron chi connectivity index (χ0n) is 44.3. The van der Waals surface area contributed by atoms with Crippen molar-refractivity contribution in [2.24, 2.45) is 0 Å². The van der Waals surface area contributed by atoms with Crippen LogP contribution in [-0.2, 0) is 14.3 Å². The van der Waals surface area contributed by atoms with Crippen LogP contribution in [-0.4, -0.2) is 47.4 Å². The first-order chi connectivity index (χ1) is 32.0. The molecule has 6 nitrogen and oxygen atoms in total. The number of carbonyl (C=O) groups is 2. The maximum absolute atomic E-state index is 12.5. The fraction of sp³-hybridized carbons (Fsp3) is 0.966. The number of carbonyl (C=O) groups excluding carboxylic acids is 2. The molecule has 0 aliphatic heterocycles. The molecule has 0 saturated heterocycles. The Kier molecular flexibility index (Phi) is 54.5. The predicted octanol–water partition coefficient (Wildman–Crippen LogP) is 18.3. The zero-order chi connectivity index (χ0) is 47.2. The lowest BCUT2D eigenvalue weighted by atomic mass is 10.0. The van der Waals surface area contributed by atoms with E-state index in [9.17, 15) is 19.8 Å².